The summed E-state index contributed by atoms with van der Waals surface area (Å²) in [7, 11) is 0. The molecule has 1 atom stereocenters. The predicted molar refractivity (Wildman–Crippen MR) is 58.3 cm³/mol. The molecule has 3 aliphatic rings. The maximum atomic E-state index is 10.5. The highest BCUT2D eigenvalue weighted by molar-refractivity contribution is 4.97. The van der Waals surface area contributed by atoms with Crippen molar-refractivity contribution >= 4 is 0 Å². The number of piperidine rings is 3. The molecule has 0 aliphatic carbocycles. The minimum absolute atomic E-state index is 0.328. The molecule has 2 nitrogen and oxygen atoms in total. The zero-order valence-electron chi connectivity index (χ0n) is 9.34. The Morgan fingerprint density at radius 3 is 2.50 bits per heavy atom. The van der Waals surface area contributed by atoms with Gasteiger partial charge >= 0.3 is 0 Å². The minimum atomic E-state index is -0.328. The van der Waals surface area contributed by atoms with Crippen LogP contribution in [0.5, 0.6) is 0 Å². The van der Waals surface area contributed by atoms with Crippen LogP contribution in [0.25, 0.3) is 0 Å². The average Bonchev–Trinajstić information content (AvgIpc) is 2.19. The second-order valence-electron chi connectivity index (χ2n) is 5.11. The van der Waals surface area contributed by atoms with Gasteiger partial charge in [-0.05, 0) is 38.3 Å². The maximum absolute atomic E-state index is 10.5. The highest BCUT2D eigenvalue weighted by Gasteiger charge is 2.44. The molecule has 0 saturated carbocycles. The van der Waals surface area contributed by atoms with E-state index in [4.69, 9.17) is 0 Å². The van der Waals surface area contributed by atoms with Gasteiger partial charge in [-0.15, -0.1) is 0 Å². The van der Waals surface area contributed by atoms with Crippen LogP contribution in [0, 0.1) is 5.92 Å². The van der Waals surface area contributed by atoms with Crippen molar-refractivity contribution in [2.45, 2.75) is 51.0 Å². The lowest BCUT2D eigenvalue weighted by molar-refractivity contribution is -0.117. The lowest BCUT2D eigenvalue weighted by Gasteiger charge is -2.50. The van der Waals surface area contributed by atoms with Crippen LogP contribution >= 0.6 is 0 Å². The predicted octanol–water partition coefficient (Wildman–Crippen LogP) is 2.02. The molecular formula is C12H23NO. The zero-order chi connectivity index (χ0) is 10.0. The van der Waals surface area contributed by atoms with Crippen molar-refractivity contribution in [3.63, 3.8) is 0 Å². The maximum Gasteiger partial charge on any atom is 0.0803 e. The van der Waals surface area contributed by atoms with Crippen LogP contribution < -0.4 is 0 Å². The first-order chi connectivity index (χ1) is 6.74. The van der Waals surface area contributed by atoms with Gasteiger partial charge in [-0.2, -0.15) is 0 Å². The summed E-state index contributed by atoms with van der Waals surface area (Å²) in [4.78, 5) is 2.44. The number of rotatable bonds is 4. The van der Waals surface area contributed by atoms with Crippen molar-refractivity contribution in [1.29, 1.82) is 0 Å². The van der Waals surface area contributed by atoms with E-state index in [-0.39, 0.29) is 5.60 Å². The SMILES string of the molecule is CCCCCC1(O)CN2CCC1CC2. The molecule has 3 saturated heterocycles. The third-order valence-electron chi connectivity index (χ3n) is 4.06. The Bertz CT molecular complexity index is 187. The van der Waals surface area contributed by atoms with Gasteiger partial charge in [0.25, 0.3) is 0 Å². The summed E-state index contributed by atoms with van der Waals surface area (Å²) in [5.41, 5.74) is -0.328. The Labute approximate surface area is 87.3 Å². The summed E-state index contributed by atoms with van der Waals surface area (Å²) < 4.78 is 0. The molecule has 1 N–H and O–H groups in total. The highest BCUT2D eigenvalue weighted by atomic mass is 16.3. The van der Waals surface area contributed by atoms with Crippen molar-refractivity contribution in [2.75, 3.05) is 19.6 Å². The first kappa shape index (κ1) is 10.4. The molecule has 3 rings (SSSR count). The van der Waals surface area contributed by atoms with Crippen LogP contribution in [0.15, 0.2) is 0 Å². The van der Waals surface area contributed by atoms with Gasteiger partial charge in [-0.1, -0.05) is 26.2 Å². The second-order valence-corrected chi connectivity index (χ2v) is 5.11. The topological polar surface area (TPSA) is 23.5 Å². The molecule has 1 unspecified atom stereocenters. The molecule has 0 spiro atoms. The van der Waals surface area contributed by atoms with Crippen LogP contribution in [0.1, 0.15) is 45.4 Å². The smallest absolute Gasteiger partial charge is 0.0803 e. The first-order valence-corrected chi connectivity index (χ1v) is 6.19. The molecule has 3 aliphatic heterocycles. The summed E-state index contributed by atoms with van der Waals surface area (Å²) in [5.74, 6) is 0.601. The lowest BCUT2D eigenvalue weighted by Crippen LogP contribution is -2.59. The number of aliphatic hydroxyl groups is 1. The molecule has 82 valence electrons. The van der Waals surface area contributed by atoms with Gasteiger partial charge in [0.2, 0.25) is 0 Å². The summed E-state index contributed by atoms with van der Waals surface area (Å²) in [5, 5.41) is 10.5. The molecule has 3 fully saturated rings. The number of unbranched alkanes of at least 4 members (excludes halogenated alkanes) is 2. The molecule has 0 amide bonds. The fourth-order valence-corrected chi connectivity index (χ4v) is 3.11. The Balaban J connectivity index is 1.88. The van der Waals surface area contributed by atoms with Crippen LogP contribution in [0.3, 0.4) is 0 Å². The zero-order valence-corrected chi connectivity index (χ0v) is 9.34. The number of hydrogen-bond acceptors (Lipinski definition) is 2. The molecule has 0 radical (unpaired) electrons. The molecule has 0 aromatic heterocycles. The average molecular weight is 197 g/mol. The molecule has 2 bridgehead atoms. The summed E-state index contributed by atoms with van der Waals surface area (Å²) in [6.07, 6.45) is 7.21. The third kappa shape index (κ3) is 1.96. The lowest BCUT2D eigenvalue weighted by atomic mass is 9.73. The van der Waals surface area contributed by atoms with E-state index >= 15 is 0 Å². The van der Waals surface area contributed by atoms with Crippen LogP contribution in [-0.4, -0.2) is 35.2 Å². The Morgan fingerprint density at radius 2 is 2.00 bits per heavy atom. The van der Waals surface area contributed by atoms with Crippen LogP contribution in [0.4, 0.5) is 0 Å². The van der Waals surface area contributed by atoms with Crippen LogP contribution in [-0.2, 0) is 0 Å². The quantitative estimate of drug-likeness (QED) is 0.697. The first-order valence-electron chi connectivity index (χ1n) is 6.19. The highest BCUT2D eigenvalue weighted by Crippen LogP contribution is 2.38. The fourth-order valence-electron chi connectivity index (χ4n) is 3.11. The van der Waals surface area contributed by atoms with Gasteiger partial charge in [0, 0.05) is 6.54 Å². The van der Waals surface area contributed by atoms with E-state index < -0.39 is 0 Å². The molecule has 0 aromatic rings. The fraction of sp³-hybridized carbons (Fsp3) is 1.00. The summed E-state index contributed by atoms with van der Waals surface area (Å²) in [6.45, 7) is 5.61. The van der Waals surface area contributed by atoms with E-state index in [0.717, 1.165) is 13.0 Å². The minimum Gasteiger partial charge on any atom is -0.388 e. The van der Waals surface area contributed by atoms with E-state index in [1.807, 2.05) is 0 Å². The molecule has 14 heavy (non-hydrogen) atoms. The van der Waals surface area contributed by atoms with Gasteiger partial charge in [-0.3, -0.25) is 0 Å². The number of fused-ring (bicyclic) bond motifs is 3. The Hall–Kier alpha value is -0.0800. The summed E-state index contributed by atoms with van der Waals surface area (Å²) in [6, 6.07) is 0. The molecule has 2 heteroatoms. The normalized spacial score (nSPS) is 41.6. The van der Waals surface area contributed by atoms with Gasteiger partial charge in [0.15, 0.2) is 0 Å². The van der Waals surface area contributed by atoms with E-state index in [9.17, 15) is 5.11 Å². The third-order valence-corrected chi connectivity index (χ3v) is 4.06. The van der Waals surface area contributed by atoms with Crippen molar-refractivity contribution < 1.29 is 5.11 Å². The van der Waals surface area contributed by atoms with Gasteiger partial charge in [-0.25, -0.2) is 0 Å². The van der Waals surface area contributed by atoms with Crippen molar-refractivity contribution in [3.05, 3.63) is 0 Å². The van der Waals surface area contributed by atoms with Gasteiger partial charge in [0.05, 0.1) is 5.60 Å². The van der Waals surface area contributed by atoms with Crippen molar-refractivity contribution in [3.8, 4) is 0 Å². The van der Waals surface area contributed by atoms with Crippen LogP contribution in [0.2, 0.25) is 0 Å². The van der Waals surface area contributed by atoms with E-state index in [2.05, 4.69) is 11.8 Å². The van der Waals surface area contributed by atoms with E-state index in [0.29, 0.717) is 5.92 Å². The monoisotopic (exact) mass is 197 g/mol. The van der Waals surface area contributed by atoms with E-state index in [1.165, 1.54) is 45.2 Å². The van der Waals surface area contributed by atoms with Gasteiger partial charge < -0.3 is 10.0 Å². The molecular weight excluding hydrogens is 174 g/mol. The standard InChI is InChI=1S/C12H23NO/c1-2-3-4-7-12(14)10-13-8-5-11(12)6-9-13/h11,14H,2-10H2,1H3. The van der Waals surface area contributed by atoms with E-state index in [1.54, 1.807) is 0 Å². The van der Waals surface area contributed by atoms with Crippen molar-refractivity contribution in [1.82, 2.24) is 4.90 Å². The molecule has 0 aromatic carbocycles. The summed E-state index contributed by atoms with van der Waals surface area (Å²) >= 11 is 0. The number of nitrogens with zero attached hydrogens (tertiary/aromatic N) is 1. The Morgan fingerprint density at radius 1 is 1.29 bits per heavy atom. The number of hydrogen-bond donors (Lipinski definition) is 1. The second kappa shape index (κ2) is 4.19. The van der Waals surface area contributed by atoms with Crippen molar-refractivity contribution in [2.24, 2.45) is 5.92 Å². The Kier molecular flexibility index (Phi) is 3.13. The largest absolute Gasteiger partial charge is 0.388 e. The van der Waals surface area contributed by atoms with Gasteiger partial charge in [0.1, 0.15) is 0 Å². The molecule has 3 heterocycles.